The van der Waals surface area contributed by atoms with E-state index in [-0.39, 0.29) is 12.0 Å². The first-order valence-corrected chi connectivity index (χ1v) is 7.89. The minimum Gasteiger partial charge on any atom is -0.468 e. The Balaban J connectivity index is 2.20. The van der Waals surface area contributed by atoms with Gasteiger partial charge in [-0.15, -0.1) is 0 Å². The molecule has 1 aliphatic rings. The zero-order valence-corrected chi connectivity index (χ0v) is 13.4. The molecule has 118 valence electrons. The van der Waals surface area contributed by atoms with E-state index in [0.717, 1.165) is 39.0 Å². The lowest BCUT2D eigenvalue weighted by atomic mass is 10.2. The van der Waals surface area contributed by atoms with Gasteiger partial charge in [-0.1, -0.05) is 6.92 Å². The van der Waals surface area contributed by atoms with Crippen molar-refractivity contribution in [2.75, 3.05) is 53.4 Å². The van der Waals surface area contributed by atoms with Crippen LogP contribution in [0.1, 0.15) is 32.6 Å². The minimum atomic E-state index is -0.172. The largest absolute Gasteiger partial charge is 0.468 e. The number of nitrogens with one attached hydrogen (secondary N) is 1. The van der Waals surface area contributed by atoms with E-state index in [2.05, 4.69) is 29.1 Å². The van der Waals surface area contributed by atoms with Crippen molar-refractivity contribution in [3.8, 4) is 0 Å². The number of hydrogen-bond donors (Lipinski definition) is 1. The quantitative estimate of drug-likeness (QED) is 0.605. The Hall–Kier alpha value is -0.650. The summed E-state index contributed by atoms with van der Waals surface area (Å²) in [7, 11) is 3.59. The van der Waals surface area contributed by atoms with Crippen LogP contribution in [0.5, 0.6) is 0 Å². The van der Waals surface area contributed by atoms with Gasteiger partial charge in [-0.25, -0.2) is 0 Å². The van der Waals surface area contributed by atoms with Gasteiger partial charge in [-0.3, -0.25) is 4.79 Å². The van der Waals surface area contributed by atoms with Gasteiger partial charge in [0, 0.05) is 13.1 Å². The lowest BCUT2D eigenvalue weighted by Gasteiger charge is -2.23. The third-order valence-electron chi connectivity index (χ3n) is 3.92. The maximum Gasteiger partial charge on any atom is 0.322 e. The smallest absolute Gasteiger partial charge is 0.322 e. The van der Waals surface area contributed by atoms with Crippen molar-refractivity contribution in [2.45, 2.75) is 38.6 Å². The molecule has 20 heavy (non-hydrogen) atoms. The molecule has 0 spiro atoms. The van der Waals surface area contributed by atoms with Crippen LogP contribution < -0.4 is 5.32 Å². The first-order chi connectivity index (χ1) is 9.67. The number of methoxy groups -OCH3 is 1. The highest BCUT2D eigenvalue weighted by molar-refractivity contribution is 5.75. The number of ether oxygens (including phenoxy) is 1. The minimum absolute atomic E-state index is 0.147. The first-order valence-electron chi connectivity index (χ1n) is 7.89. The second kappa shape index (κ2) is 10.1. The number of likely N-dealkylation sites (N-methyl/N-ethyl adjacent to an activating group) is 1. The summed E-state index contributed by atoms with van der Waals surface area (Å²) in [6, 6.07) is -0.172. The lowest BCUT2D eigenvalue weighted by Crippen LogP contribution is -2.41. The molecule has 1 atom stereocenters. The number of carbonyl (C=O) groups excluding carboxylic acids is 1. The van der Waals surface area contributed by atoms with E-state index in [4.69, 9.17) is 4.74 Å². The van der Waals surface area contributed by atoms with Crippen LogP contribution in [0.2, 0.25) is 0 Å². The van der Waals surface area contributed by atoms with E-state index in [1.807, 2.05) is 0 Å². The molecule has 1 heterocycles. The van der Waals surface area contributed by atoms with Gasteiger partial charge >= 0.3 is 5.97 Å². The molecule has 1 aliphatic heterocycles. The molecule has 5 heteroatoms. The zero-order valence-electron chi connectivity index (χ0n) is 13.4. The molecule has 0 saturated carbocycles. The Labute approximate surface area is 123 Å². The maximum absolute atomic E-state index is 11.7. The van der Waals surface area contributed by atoms with Crippen LogP contribution in [-0.4, -0.2) is 75.2 Å². The Bertz CT molecular complexity index is 268. The summed E-state index contributed by atoms with van der Waals surface area (Å²) in [5.41, 5.74) is 0. The van der Waals surface area contributed by atoms with Crippen molar-refractivity contribution in [3.05, 3.63) is 0 Å². The molecule has 0 aromatic rings. The molecule has 1 saturated heterocycles. The Morgan fingerprint density at radius 3 is 2.65 bits per heavy atom. The molecule has 1 rings (SSSR count). The molecule has 0 aliphatic carbocycles. The number of esters is 1. The van der Waals surface area contributed by atoms with Crippen molar-refractivity contribution in [2.24, 2.45) is 0 Å². The molecular weight excluding hydrogens is 254 g/mol. The van der Waals surface area contributed by atoms with E-state index in [1.165, 1.54) is 33.0 Å². The molecule has 5 nitrogen and oxygen atoms in total. The molecule has 0 aromatic carbocycles. The standard InChI is InChI=1S/C15H31N3O2/c1-4-8-16-14(15(19)20-3)7-11-17(2)12-13-18-9-5-6-10-18/h14,16H,4-13H2,1-3H3. The summed E-state index contributed by atoms with van der Waals surface area (Å²) in [4.78, 5) is 16.5. The van der Waals surface area contributed by atoms with Gasteiger partial charge in [0.05, 0.1) is 7.11 Å². The van der Waals surface area contributed by atoms with Crippen LogP contribution in [0.25, 0.3) is 0 Å². The van der Waals surface area contributed by atoms with E-state index in [9.17, 15) is 4.79 Å². The number of nitrogens with zero attached hydrogens (tertiary/aromatic N) is 2. The fourth-order valence-electron chi connectivity index (χ4n) is 2.54. The number of carbonyl (C=O) groups is 1. The van der Waals surface area contributed by atoms with Crippen LogP contribution in [0.15, 0.2) is 0 Å². The summed E-state index contributed by atoms with van der Waals surface area (Å²) in [6.45, 7) is 8.59. The van der Waals surface area contributed by atoms with Crippen molar-refractivity contribution in [1.82, 2.24) is 15.1 Å². The van der Waals surface area contributed by atoms with Crippen LogP contribution in [0, 0.1) is 0 Å². The summed E-state index contributed by atoms with van der Waals surface area (Å²) in [5.74, 6) is -0.147. The number of hydrogen-bond acceptors (Lipinski definition) is 5. The summed E-state index contributed by atoms with van der Waals surface area (Å²) in [6.07, 6.45) is 4.52. The van der Waals surface area contributed by atoms with Gasteiger partial charge in [0.2, 0.25) is 0 Å². The van der Waals surface area contributed by atoms with E-state index in [1.54, 1.807) is 0 Å². The highest BCUT2D eigenvalue weighted by Gasteiger charge is 2.19. The molecule has 0 amide bonds. The molecular formula is C15H31N3O2. The summed E-state index contributed by atoms with van der Waals surface area (Å²) in [5, 5.41) is 3.26. The summed E-state index contributed by atoms with van der Waals surface area (Å²) >= 11 is 0. The Morgan fingerprint density at radius 2 is 2.05 bits per heavy atom. The van der Waals surface area contributed by atoms with Crippen molar-refractivity contribution in [3.63, 3.8) is 0 Å². The van der Waals surface area contributed by atoms with Crippen molar-refractivity contribution >= 4 is 5.97 Å². The lowest BCUT2D eigenvalue weighted by molar-refractivity contribution is -0.143. The number of rotatable bonds is 10. The predicted octanol–water partition coefficient (Wildman–Crippen LogP) is 0.945. The Morgan fingerprint density at radius 1 is 1.35 bits per heavy atom. The average molecular weight is 285 g/mol. The van der Waals surface area contributed by atoms with Gasteiger partial charge < -0.3 is 19.9 Å². The normalized spacial score (nSPS) is 17.6. The molecule has 0 bridgehead atoms. The third kappa shape index (κ3) is 6.68. The van der Waals surface area contributed by atoms with Gasteiger partial charge in [-0.05, 0) is 58.9 Å². The van der Waals surface area contributed by atoms with Crippen LogP contribution >= 0.6 is 0 Å². The maximum atomic E-state index is 11.7. The molecule has 0 radical (unpaired) electrons. The van der Waals surface area contributed by atoms with E-state index < -0.39 is 0 Å². The molecule has 1 unspecified atom stereocenters. The average Bonchev–Trinajstić information content (AvgIpc) is 2.97. The third-order valence-corrected chi connectivity index (χ3v) is 3.92. The Kier molecular flexibility index (Phi) is 8.82. The van der Waals surface area contributed by atoms with Crippen molar-refractivity contribution in [1.29, 1.82) is 0 Å². The van der Waals surface area contributed by atoms with Gasteiger partial charge in [0.1, 0.15) is 6.04 Å². The highest BCUT2D eigenvalue weighted by atomic mass is 16.5. The SMILES string of the molecule is CCCNC(CCN(C)CCN1CCCC1)C(=O)OC. The molecule has 0 aromatic heterocycles. The predicted molar refractivity (Wildman–Crippen MR) is 81.9 cm³/mol. The molecule has 1 fully saturated rings. The van der Waals surface area contributed by atoms with Crippen LogP contribution in [-0.2, 0) is 9.53 Å². The van der Waals surface area contributed by atoms with E-state index >= 15 is 0 Å². The summed E-state index contributed by atoms with van der Waals surface area (Å²) < 4.78 is 4.85. The topological polar surface area (TPSA) is 44.8 Å². The second-order valence-corrected chi connectivity index (χ2v) is 5.67. The molecule has 1 N–H and O–H groups in total. The monoisotopic (exact) mass is 285 g/mol. The fraction of sp³-hybridized carbons (Fsp3) is 0.933. The van der Waals surface area contributed by atoms with Crippen molar-refractivity contribution < 1.29 is 9.53 Å². The highest BCUT2D eigenvalue weighted by Crippen LogP contribution is 2.06. The van der Waals surface area contributed by atoms with Crippen LogP contribution in [0.3, 0.4) is 0 Å². The fourth-order valence-corrected chi connectivity index (χ4v) is 2.54. The second-order valence-electron chi connectivity index (χ2n) is 5.67. The van der Waals surface area contributed by atoms with E-state index in [0.29, 0.717) is 0 Å². The first kappa shape index (κ1) is 17.4. The van der Waals surface area contributed by atoms with Gasteiger partial charge in [0.25, 0.3) is 0 Å². The zero-order chi connectivity index (χ0) is 14.8. The number of likely N-dealkylation sites (tertiary alicyclic amines) is 1. The van der Waals surface area contributed by atoms with Gasteiger partial charge in [0.15, 0.2) is 0 Å². The van der Waals surface area contributed by atoms with Gasteiger partial charge in [-0.2, -0.15) is 0 Å². The van der Waals surface area contributed by atoms with Crippen LogP contribution in [0.4, 0.5) is 0 Å².